The van der Waals surface area contributed by atoms with E-state index in [4.69, 9.17) is 19.9 Å². The van der Waals surface area contributed by atoms with Crippen LogP contribution in [0, 0.1) is 0 Å². The van der Waals surface area contributed by atoms with E-state index in [-0.39, 0.29) is 32.6 Å². The first kappa shape index (κ1) is 37.0. The van der Waals surface area contributed by atoms with Gasteiger partial charge in [0.15, 0.2) is 0 Å². The van der Waals surface area contributed by atoms with Crippen molar-refractivity contribution in [3.63, 3.8) is 0 Å². The highest BCUT2D eigenvalue weighted by molar-refractivity contribution is 5.92. The number of carbonyl (C=O) groups is 5. The van der Waals surface area contributed by atoms with Gasteiger partial charge in [0.05, 0.1) is 52.1 Å². The Morgan fingerprint density at radius 3 is 1.94 bits per heavy atom. The lowest BCUT2D eigenvalue weighted by molar-refractivity contribution is -0.137. The number of nitrogens with one attached hydrogen (secondary N) is 5. The molecule has 0 aliphatic carbocycles. The number of carboxylic acids is 1. The Morgan fingerprint density at radius 1 is 0.729 bits per heavy atom. The number of anilines is 3. The third kappa shape index (κ3) is 14.3. The Morgan fingerprint density at radius 2 is 1.31 bits per heavy atom. The van der Waals surface area contributed by atoms with Gasteiger partial charge in [-0.1, -0.05) is 30.3 Å². The zero-order valence-corrected chi connectivity index (χ0v) is 26.2. The van der Waals surface area contributed by atoms with Crippen LogP contribution in [-0.4, -0.2) is 81.6 Å². The fraction of sp³-hybridized carbons (Fsp3) is 0.303. The Labute approximate surface area is 277 Å². The molecule has 15 nitrogen and oxygen atoms in total. The van der Waals surface area contributed by atoms with E-state index in [0.29, 0.717) is 55.5 Å². The van der Waals surface area contributed by atoms with Crippen LogP contribution >= 0.6 is 0 Å². The maximum atomic E-state index is 12.8. The quantitative estimate of drug-likeness (QED) is 0.0655. The van der Waals surface area contributed by atoms with E-state index in [1.807, 2.05) is 12.1 Å². The lowest BCUT2D eigenvalue weighted by Crippen LogP contribution is -2.34. The molecule has 3 aromatic rings. The summed E-state index contributed by atoms with van der Waals surface area (Å²) in [5.74, 6) is -1.51. The van der Waals surface area contributed by atoms with Crippen LogP contribution < -0.4 is 32.3 Å². The Hall–Kier alpha value is -5.51. The third-order valence-corrected chi connectivity index (χ3v) is 6.56. The summed E-state index contributed by atoms with van der Waals surface area (Å²) < 4.78 is 15.9. The number of primary amides is 1. The molecule has 1 unspecified atom stereocenters. The van der Waals surface area contributed by atoms with Crippen LogP contribution in [0.15, 0.2) is 72.8 Å². The van der Waals surface area contributed by atoms with E-state index in [1.165, 1.54) is 0 Å². The molecular weight excluding hydrogens is 624 g/mol. The predicted molar refractivity (Wildman–Crippen MR) is 178 cm³/mol. The first-order chi connectivity index (χ1) is 23.2. The second-order valence-corrected chi connectivity index (χ2v) is 10.2. The van der Waals surface area contributed by atoms with Crippen molar-refractivity contribution in [3.8, 4) is 11.1 Å². The molecule has 0 radical (unpaired) electrons. The topological polar surface area (TPSA) is 219 Å². The number of carboxylic acid groups (broad SMARTS) is 1. The van der Waals surface area contributed by atoms with Crippen LogP contribution in [0.5, 0.6) is 0 Å². The molecule has 0 saturated carbocycles. The summed E-state index contributed by atoms with van der Waals surface area (Å²) in [4.78, 5) is 58.1. The number of hydrogen-bond acceptors (Lipinski definition) is 8. The number of ether oxygens (including phenoxy) is 3. The van der Waals surface area contributed by atoms with Gasteiger partial charge in [0, 0.05) is 30.0 Å². The molecule has 0 heterocycles. The lowest BCUT2D eigenvalue weighted by Gasteiger charge is -2.19. The minimum atomic E-state index is -1.09. The monoisotopic (exact) mass is 664 g/mol. The second-order valence-electron chi connectivity index (χ2n) is 10.2. The molecule has 3 rings (SSSR count). The van der Waals surface area contributed by atoms with Crippen LogP contribution in [0.2, 0.25) is 0 Å². The number of amides is 6. The number of nitrogens with two attached hydrogens (primary N) is 1. The van der Waals surface area contributed by atoms with E-state index >= 15 is 0 Å². The molecule has 48 heavy (non-hydrogen) atoms. The van der Waals surface area contributed by atoms with Gasteiger partial charge in [-0.25, -0.2) is 9.59 Å². The number of carbonyl (C=O) groups excluding carboxylic acids is 4. The molecule has 8 N–H and O–H groups in total. The molecule has 0 spiro atoms. The largest absolute Gasteiger partial charge is 0.481 e. The molecule has 0 saturated heterocycles. The highest BCUT2D eigenvalue weighted by Gasteiger charge is 2.19. The van der Waals surface area contributed by atoms with Gasteiger partial charge in [0.1, 0.15) is 0 Å². The maximum Gasteiger partial charge on any atom is 0.319 e. The minimum absolute atomic E-state index is 0.169. The minimum Gasteiger partial charge on any atom is -0.481 e. The van der Waals surface area contributed by atoms with Gasteiger partial charge in [-0.15, -0.1) is 0 Å². The fourth-order valence-electron chi connectivity index (χ4n) is 4.31. The summed E-state index contributed by atoms with van der Waals surface area (Å²) in [6.45, 7) is 2.22. The highest BCUT2D eigenvalue weighted by Crippen LogP contribution is 2.27. The zero-order valence-electron chi connectivity index (χ0n) is 26.2. The van der Waals surface area contributed by atoms with E-state index < -0.39 is 30.0 Å². The van der Waals surface area contributed by atoms with Gasteiger partial charge in [-0.05, 0) is 59.2 Å². The van der Waals surface area contributed by atoms with Gasteiger partial charge < -0.3 is 51.6 Å². The standard InChI is InChI=1S/C33H40N6O9/c34-30(41)11-13-46-15-17-48-18-16-47-14-12-35-32(44)37-26-7-9-27(10-8-26)38-33(45)39-29(21-31(42)43)25-5-1-3-23(19-25)24-4-2-6-28(20-24)36-22-40/h1-10,19-20,22,29H,11-18,21H2,(H2,34,41)(H,36,40)(H,42,43)(H2,35,37,44)(H2,38,39,45). The van der Waals surface area contributed by atoms with Gasteiger partial charge in [-0.2, -0.15) is 0 Å². The van der Waals surface area contributed by atoms with Crippen molar-refractivity contribution in [3.05, 3.63) is 78.4 Å². The molecule has 0 aromatic heterocycles. The third-order valence-electron chi connectivity index (χ3n) is 6.56. The van der Waals surface area contributed by atoms with Gasteiger partial charge in [0.25, 0.3) is 0 Å². The summed E-state index contributed by atoms with van der Waals surface area (Å²) in [7, 11) is 0. The van der Waals surface area contributed by atoms with Crippen molar-refractivity contribution < 1.29 is 43.3 Å². The van der Waals surface area contributed by atoms with Gasteiger partial charge in [-0.3, -0.25) is 14.4 Å². The Bertz CT molecular complexity index is 1500. The van der Waals surface area contributed by atoms with Gasteiger partial charge >= 0.3 is 18.0 Å². The number of hydrogen-bond donors (Lipinski definition) is 7. The molecule has 3 aromatic carbocycles. The van der Waals surface area contributed by atoms with Crippen LogP contribution in [0.1, 0.15) is 24.4 Å². The summed E-state index contributed by atoms with van der Waals surface area (Å²) in [5.41, 5.74) is 8.71. The number of urea groups is 2. The average molecular weight is 665 g/mol. The normalized spacial score (nSPS) is 11.2. The summed E-state index contributed by atoms with van der Waals surface area (Å²) in [6.07, 6.45) is 0.402. The molecule has 0 aliphatic rings. The molecule has 0 fully saturated rings. The first-order valence-electron chi connectivity index (χ1n) is 15.1. The van der Waals surface area contributed by atoms with Crippen molar-refractivity contribution in [2.45, 2.75) is 18.9 Å². The van der Waals surface area contributed by atoms with Crippen LogP contribution in [-0.2, 0) is 28.6 Å². The molecule has 0 bridgehead atoms. The zero-order chi connectivity index (χ0) is 34.6. The Kier molecular flexibility index (Phi) is 15.8. The fourth-order valence-corrected chi connectivity index (χ4v) is 4.31. The SMILES string of the molecule is NC(=O)CCOCCOCCOCCNC(=O)Nc1ccc(NC(=O)NC(CC(=O)O)c2cccc(-c3cccc(NC=O)c3)c2)cc1. The highest BCUT2D eigenvalue weighted by atomic mass is 16.5. The van der Waals surface area contributed by atoms with Crippen LogP contribution in [0.25, 0.3) is 11.1 Å². The molecular formula is C33H40N6O9. The molecule has 256 valence electrons. The van der Waals surface area contributed by atoms with Crippen LogP contribution in [0.4, 0.5) is 26.7 Å². The van der Waals surface area contributed by atoms with E-state index in [0.717, 1.165) is 11.1 Å². The van der Waals surface area contributed by atoms with Crippen molar-refractivity contribution in [2.75, 3.05) is 62.1 Å². The van der Waals surface area contributed by atoms with E-state index in [2.05, 4.69) is 26.6 Å². The lowest BCUT2D eigenvalue weighted by atomic mass is 9.97. The second kappa shape index (κ2) is 20.6. The van der Waals surface area contributed by atoms with Crippen molar-refractivity contribution in [1.82, 2.24) is 10.6 Å². The molecule has 1 atom stereocenters. The number of benzene rings is 3. The average Bonchev–Trinajstić information content (AvgIpc) is 3.06. The number of rotatable bonds is 21. The summed E-state index contributed by atoms with van der Waals surface area (Å²) in [6, 6.07) is 18.8. The Balaban J connectivity index is 1.40. The van der Waals surface area contributed by atoms with Crippen molar-refractivity contribution >= 4 is 47.4 Å². The summed E-state index contributed by atoms with van der Waals surface area (Å²) >= 11 is 0. The molecule has 15 heteroatoms. The predicted octanol–water partition coefficient (Wildman–Crippen LogP) is 3.31. The van der Waals surface area contributed by atoms with Crippen molar-refractivity contribution in [2.24, 2.45) is 5.73 Å². The maximum absolute atomic E-state index is 12.8. The molecule has 0 aliphatic heterocycles. The smallest absolute Gasteiger partial charge is 0.319 e. The van der Waals surface area contributed by atoms with E-state index in [9.17, 15) is 29.1 Å². The van der Waals surface area contributed by atoms with Gasteiger partial charge in [0.2, 0.25) is 12.3 Å². The summed E-state index contributed by atoms with van der Waals surface area (Å²) in [5, 5.41) is 22.9. The van der Waals surface area contributed by atoms with Crippen LogP contribution in [0.3, 0.4) is 0 Å². The van der Waals surface area contributed by atoms with E-state index in [1.54, 1.807) is 60.7 Å². The molecule has 6 amide bonds. The first-order valence-corrected chi connectivity index (χ1v) is 15.1. The van der Waals surface area contributed by atoms with Crippen molar-refractivity contribution in [1.29, 1.82) is 0 Å². The number of aliphatic carboxylic acids is 1.